The number of aliphatic hydroxyl groups is 1. The Bertz CT molecular complexity index is 608. The van der Waals surface area contributed by atoms with Gasteiger partial charge in [0, 0.05) is 36.5 Å². The molecule has 0 radical (unpaired) electrons. The molecule has 0 fully saturated rings. The number of hydrogen-bond acceptors (Lipinski definition) is 6. The van der Waals surface area contributed by atoms with E-state index in [1.54, 1.807) is 7.05 Å². The summed E-state index contributed by atoms with van der Waals surface area (Å²) in [6.45, 7) is 11.2. The van der Waals surface area contributed by atoms with Crippen LogP contribution in [-0.2, 0) is 4.74 Å². The smallest absolute Gasteiger partial charge is 0.412 e. The Labute approximate surface area is 154 Å². The normalized spacial score (nSPS) is 11.8. The van der Waals surface area contributed by atoms with Crippen molar-refractivity contribution >= 4 is 35.0 Å². The molecule has 0 atom stereocenters. The van der Waals surface area contributed by atoms with Gasteiger partial charge in [-0.1, -0.05) is 26.0 Å². The molecule has 2 N–H and O–H groups in total. The first-order valence-corrected chi connectivity index (χ1v) is 8.91. The number of hydrogen-bond donors (Lipinski definition) is 2. The fourth-order valence-electron chi connectivity index (χ4n) is 1.65. The minimum Gasteiger partial charge on any atom is -0.444 e. The second-order valence-corrected chi connectivity index (χ2v) is 6.53. The van der Waals surface area contributed by atoms with Gasteiger partial charge in [0.15, 0.2) is 0 Å². The van der Waals surface area contributed by atoms with Crippen LogP contribution in [0.15, 0.2) is 27.6 Å². The number of benzene rings is 1. The molecule has 0 bridgehead atoms. The van der Waals surface area contributed by atoms with Crippen molar-refractivity contribution in [3.05, 3.63) is 29.3 Å². The number of carbonyl (C=O) groups excluding carboxylic acids is 1. The fraction of sp³-hybridized carbons (Fsp3) is 0.500. The molecule has 1 rings (SSSR count). The second kappa shape index (κ2) is 11.7. The van der Waals surface area contributed by atoms with Crippen LogP contribution in [0.2, 0.25) is 0 Å². The minimum atomic E-state index is -0.555. The Morgan fingerprint density at radius 2 is 2.00 bits per heavy atom. The molecule has 0 aromatic heterocycles. The third kappa shape index (κ3) is 9.26. The first kappa shape index (κ1) is 23.1. The van der Waals surface area contributed by atoms with Crippen molar-refractivity contribution in [2.24, 2.45) is 9.39 Å². The predicted octanol–water partition coefficient (Wildman–Crippen LogP) is 4.46. The molecule has 1 aromatic rings. The van der Waals surface area contributed by atoms with Crippen molar-refractivity contribution in [3.63, 3.8) is 0 Å². The van der Waals surface area contributed by atoms with Gasteiger partial charge in [0.05, 0.1) is 6.61 Å². The molecule has 0 unspecified atom stereocenters. The molecule has 6 nitrogen and oxygen atoms in total. The first-order valence-electron chi connectivity index (χ1n) is 8.14. The summed E-state index contributed by atoms with van der Waals surface area (Å²) < 4.78 is 9.26. The van der Waals surface area contributed by atoms with E-state index in [-0.39, 0.29) is 6.61 Å². The quantitative estimate of drug-likeness (QED) is 0.468. The molecule has 7 heteroatoms. The minimum absolute atomic E-state index is 0.122. The van der Waals surface area contributed by atoms with Crippen molar-refractivity contribution in [1.82, 2.24) is 0 Å². The summed E-state index contributed by atoms with van der Waals surface area (Å²) in [5.74, 6) is 0. The summed E-state index contributed by atoms with van der Waals surface area (Å²) in [6.07, 6.45) is 0.892. The molecule has 1 amide bonds. The van der Waals surface area contributed by atoms with E-state index in [1.165, 1.54) is 6.21 Å². The number of carbonyl (C=O) groups is 1. The number of amides is 1. The standard InChI is InChI=1S/C16H23N3O3S.C2H6/c1-11-6-7-12(14(17-5)23-18-8-9-20)10-13(11)19-15(21)22-16(2,3)4;1-2/h6-8,10,20H,9H2,1-5H3,(H,19,21);1-2H3/b17-14?,18-8+;. The lowest BCUT2D eigenvalue weighted by atomic mass is 10.1. The van der Waals surface area contributed by atoms with Gasteiger partial charge in [-0.25, -0.2) is 9.19 Å². The number of aryl methyl sites for hydroxylation is 1. The molecule has 0 heterocycles. The molecule has 0 saturated carbocycles. The predicted molar refractivity (Wildman–Crippen MR) is 108 cm³/mol. The zero-order chi connectivity index (χ0) is 19.5. The van der Waals surface area contributed by atoms with Crippen LogP contribution in [-0.4, -0.2) is 41.7 Å². The zero-order valence-electron chi connectivity index (χ0n) is 16.1. The van der Waals surface area contributed by atoms with Crippen LogP contribution in [0.25, 0.3) is 0 Å². The summed E-state index contributed by atoms with van der Waals surface area (Å²) >= 11 is 1.16. The highest BCUT2D eigenvalue weighted by atomic mass is 32.2. The molecule has 25 heavy (non-hydrogen) atoms. The maximum Gasteiger partial charge on any atom is 0.412 e. The third-order valence-corrected chi connectivity index (χ3v) is 3.46. The van der Waals surface area contributed by atoms with Crippen LogP contribution in [0.3, 0.4) is 0 Å². The van der Waals surface area contributed by atoms with Gasteiger partial charge in [-0.2, -0.15) is 0 Å². The topological polar surface area (TPSA) is 83.3 Å². The second-order valence-electron chi connectivity index (χ2n) is 5.75. The van der Waals surface area contributed by atoms with Crippen LogP contribution in [0.5, 0.6) is 0 Å². The first-order chi connectivity index (χ1) is 11.8. The number of nitrogens with zero attached hydrogens (tertiary/aromatic N) is 2. The van der Waals surface area contributed by atoms with Crippen LogP contribution in [0.1, 0.15) is 45.7 Å². The Balaban J connectivity index is 0.00000277. The SMILES string of the molecule is CC.CN=C(S/N=C/CO)c1ccc(C)c(NC(=O)OC(C)(C)C)c1. The van der Waals surface area contributed by atoms with Gasteiger partial charge in [0.25, 0.3) is 0 Å². The average Bonchev–Trinajstić information content (AvgIpc) is 2.54. The van der Waals surface area contributed by atoms with Gasteiger partial charge in [0.1, 0.15) is 10.6 Å². The molecule has 1 aromatic carbocycles. The van der Waals surface area contributed by atoms with Crippen molar-refractivity contribution in [2.45, 2.75) is 47.1 Å². The van der Waals surface area contributed by atoms with Crippen molar-refractivity contribution in [3.8, 4) is 0 Å². The number of rotatable bonds is 4. The molecular weight excluding hydrogens is 338 g/mol. The van der Waals surface area contributed by atoms with Gasteiger partial charge in [-0.3, -0.25) is 10.3 Å². The van der Waals surface area contributed by atoms with Crippen molar-refractivity contribution in [2.75, 3.05) is 19.0 Å². The van der Waals surface area contributed by atoms with E-state index in [0.717, 1.165) is 23.1 Å². The van der Waals surface area contributed by atoms with Gasteiger partial charge in [-0.15, -0.1) is 0 Å². The van der Waals surface area contributed by atoms with Crippen LogP contribution < -0.4 is 5.32 Å². The van der Waals surface area contributed by atoms with Crippen molar-refractivity contribution in [1.29, 1.82) is 0 Å². The highest BCUT2D eigenvalue weighted by Gasteiger charge is 2.17. The van der Waals surface area contributed by atoms with Crippen LogP contribution >= 0.6 is 11.9 Å². The third-order valence-electron chi connectivity index (χ3n) is 2.62. The Morgan fingerprint density at radius 3 is 2.52 bits per heavy atom. The number of ether oxygens (including phenoxy) is 1. The van der Waals surface area contributed by atoms with E-state index in [2.05, 4.69) is 14.7 Å². The van der Waals surface area contributed by atoms with Gasteiger partial charge >= 0.3 is 6.09 Å². The Morgan fingerprint density at radius 1 is 1.36 bits per heavy atom. The van der Waals surface area contributed by atoms with E-state index in [1.807, 2.05) is 59.7 Å². The summed E-state index contributed by atoms with van der Waals surface area (Å²) in [4.78, 5) is 16.1. The highest BCUT2D eigenvalue weighted by Crippen LogP contribution is 2.22. The maximum absolute atomic E-state index is 11.9. The lowest BCUT2D eigenvalue weighted by molar-refractivity contribution is 0.0636. The largest absolute Gasteiger partial charge is 0.444 e. The summed E-state index contributed by atoms with van der Waals surface area (Å²) in [7, 11) is 1.66. The van der Waals surface area contributed by atoms with Crippen molar-refractivity contribution < 1.29 is 14.6 Å². The number of aliphatic imine (C=N–C) groups is 1. The number of aliphatic hydroxyl groups excluding tert-OH is 1. The zero-order valence-corrected chi connectivity index (χ0v) is 16.9. The molecule has 0 saturated heterocycles. The van der Waals surface area contributed by atoms with Gasteiger partial charge in [-0.05, 0) is 39.3 Å². The molecule has 0 spiro atoms. The number of nitrogens with one attached hydrogen (secondary N) is 1. The summed E-state index contributed by atoms with van der Waals surface area (Å²) in [6, 6.07) is 5.62. The lowest BCUT2D eigenvalue weighted by Gasteiger charge is -2.20. The van der Waals surface area contributed by atoms with E-state index in [0.29, 0.717) is 10.7 Å². The molecule has 0 aliphatic rings. The van der Waals surface area contributed by atoms with Crippen LogP contribution in [0.4, 0.5) is 10.5 Å². The maximum atomic E-state index is 11.9. The summed E-state index contributed by atoms with van der Waals surface area (Å²) in [5, 5.41) is 12.2. The van der Waals surface area contributed by atoms with Gasteiger partial charge in [0.2, 0.25) is 0 Å². The monoisotopic (exact) mass is 367 g/mol. The van der Waals surface area contributed by atoms with Gasteiger partial charge < -0.3 is 9.84 Å². The summed E-state index contributed by atoms with van der Waals surface area (Å²) in [5.41, 5.74) is 1.84. The van der Waals surface area contributed by atoms with Crippen LogP contribution in [0, 0.1) is 6.92 Å². The molecule has 140 valence electrons. The Kier molecular flexibility index (Phi) is 10.8. The van der Waals surface area contributed by atoms with E-state index < -0.39 is 11.7 Å². The van der Waals surface area contributed by atoms with E-state index in [4.69, 9.17) is 9.84 Å². The fourth-order valence-corrected chi connectivity index (χ4v) is 2.20. The highest BCUT2D eigenvalue weighted by molar-refractivity contribution is 8.13. The molecular formula is C18H29N3O3S. The van der Waals surface area contributed by atoms with E-state index >= 15 is 0 Å². The Hall–Kier alpha value is -1.86. The molecule has 0 aliphatic carbocycles. The number of anilines is 1. The average molecular weight is 368 g/mol. The van der Waals surface area contributed by atoms with E-state index in [9.17, 15) is 4.79 Å². The lowest BCUT2D eigenvalue weighted by Crippen LogP contribution is -2.27. The molecule has 0 aliphatic heterocycles.